The van der Waals surface area contributed by atoms with Crippen LogP contribution in [-0.4, -0.2) is 18.4 Å². The van der Waals surface area contributed by atoms with Crippen molar-refractivity contribution in [2.45, 2.75) is 32.4 Å². The molecule has 1 N–H and O–H groups in total. The van der Waals surface area contributed by atoms with Crippen molar-refractivity contribution in [2.24, 2.45) is 5.41 Å². The van der Waals surface area contributed by atoms with Crippen LogP contribution in [0.5, 0.6) is 0 Å². The minimum atomic E-state index is -0.420. The van der Waals surface area contributed by atoms with Crippen LogP contribution in [0.15, 0.2) is 30.3 Å². The second kappa shape index (κ2) is 5.21. The third-order valence-electron chi connectivity index (χ3n) is 3.24. The first kappa shape index (κ1) is 12.6. The number of hydrogen-bond acceptors (Lipinski definition) is 3. The molecule has 2 rings (SSSR count). The van der Waals surface area contributed by atoms with E-state index in [0.29, 0.717) is 12.8 Å². The van der Waals surface area contributed by atoms with Crippen LogP contribution >= 0.6 is 0 Å². The van der Waals surface area contributed by atoms with Gasteiger partial charge in [-0.15, -0.1) is 0 Å². The summed E-state index contributed by atoms with van der Waals surface area (Å²) in [7, 11) is 0. The van der Waals surface area contributed by atoms with Crippen molar-refractivity contribution in [3.63, 3.8) is 0 Å². The van der Waals surface area contributed by atoms with Gasteiger partial charge < -0.3 is 14.8 Å². The van der Waals surface area contributed by atoms with Gasteiger partial charge in [0.15, 0.2) is 0 Å². The zero-order chi connectivity index (χ0) is 13.0. The number of carbonyl (C=O) groups excluding carboxylic acids is 2. The van der Waals surface area contributed by atoms with Gasteiger partial charge in [-0.1, -0.05) is 37.3 Å². The van der Waals surface area contributed by atoms with Crippen LogP contribution in [0.4, 0.5) is 4.79 Å². The summed E-state index contributed by atoms with van der Waals surface area (Å²) in [5, 5.41) is 2.76. The number of ether oxygens (including phenoxy) is 1. The molecule has 1 aromatic carbocycles. The number of nitrogens with one attached hydrogen (secondary N) is 1. The second-order valence-electron chi connectivity index (χ2n) is 5.08. The Morgan fingerprint density at radius 3 is 2.72 bits per heavy atom. The van der Waals surface area contributed by atoms with Crippen LogP contribution in [0, 0.1) is 5.41 Å². The highest BCUT2D eigenvalue weighted by atomic mass is 16.5. The van der Waals surface area contributed by atoms with Crippen molar-refractivity contribution >= 4 is 12.4 Å². The van der Waals surface area contributed by atoms with E-state index in [1.165, 1.54) is 0 Å². The molecule has 1 aromatic rings. The molecule has 1 amide bonds. The van der Waals surface area contributed by atoms with Gasteiger partial charge in [-0.2, -0.15) is 0 Å². The first-order valence-electron chi connectivity index (χ1n) is 6.05. The van der Waals surface area contributed by atoms with Crippen LogP contribution < -0.4 is 5.32 Å². The zero-order valence-electron chi connectivity index (χ0n) is 10.4. The molecule has 0 heterocycles. The largest absolute Gasteiger partial charge is 0.445 e. The van der Waals surface area contributed by atoms with E-state index in [0.717, 1.165) is 11.8 Å². The molecule has 0 aromatic heterocycles. The molecule has 1 aliphatic rings. The maximum atomic E-state index is 11.5. The molecule has 1 saturated carbocycles. The fourth-order valence-electron chi connectivity index (χ4n) is 2.20. The van der Waals surface area contributed by atoms with Gasteiger partial charge in [-0.05, 0) is 18.4 Å². The Hall–Kier alpha value is -1.84. The molecule has 96 valence electrons. The lowest BCUT2D eigenvalue weighted by atomic mass is 9.68. The maximum Gasteiger partial charge on any atom is 0.407 e. The molecular weight excluding hydrogens is 230 g/mol. The molecule has 0 atom stereocenters. The summed E-state index contributed by atoms with van der Waals surface area (Å²) in [4.78, 5) is 22.2. The van der Waals surface area contributed by atoms with Crippen molar-refractivity contribution in [1.29, 1.82) is 0 Å². The summed E-state index contributed by atoms with van der Waals surface area (Å²) >= 11 is 0. The van der Waals surface area contributed by atoms with Crippen molar-refractivity contribution in [2.75, 3.05) is 0 Å². The third-order valence-corrected chi connectivity index (χ3v) is 3.24. The standard InChI is InChI=1S/C14H17NO3/c1-14(10-16)7-12(8-14)15-13(17)18-9-11-5-3-2-4-6-11/h2-6,10,12H,7-9H2,1H3,(H,15,17). The van der Waals surface area contributed by atoms with E-state index in [4.69, 9.17) is 4.74 Å². The summed E-state index contributed by atoms with van der Waals surface area (Å²) in [5.41, 5.74) is 0.691. The van der Waals surface area contributed by atoms with Crippen molar-refractivity contribution in [3.05, 3.63) is 35.9 Å². The maximum absolute atomic E-state index is 11.5. The topological polar surface area (TPSA) is 55.4 Å². The van der Waals surface area contributed by atoms with Crippen LogP contribution in [0.1, 0.15) is 25.3 Å². The summed E-state index contributed by atoms with van der Waals surface area (Å²) in [6, 6.07) is 9.58. The Morgan fingerprint density at radius 2 is 2.11 bits per heavy atom. The van der Waals surface area contributed by atoms with Gasteiger partial charge >= 0.3 is 6.09 Å². The van der Waals surface area contributed by atoms with Gasteiger partial charge in [0.1, 0.15) is 12.9 Å². The minimum Gasteiger partial charge on any atom is -0.445 e. The first-order chi connectivity index (χ1) is 8.61. The lowest BCUT2D eigenvalue weighted by molar-refractivity contribution is -0.120. The van der Waals surface area contributed by atoms with Crippen LogP contribution in [0.2, 0.25) is 0 Å². The van der Waals surface area contributed by atoms with Gasteiger partial charge in [0, 0.05) is 11.5 Å². The monoisotopic (exact) mass is 247 g/mol. The van der Waals surface area contributed by atoms with E-state index in [-0.39, 0.29) is 18.1 Å². The van der Waals surface area contributed by atoms with Crippen molar-refractivity contribution in [3.8, 4) is 0 Å². The van der Waals surface area contributed by atoms with Gasteiger partial charge in [-0.25, -0.2) is 4.79 Å². The van der Waals surface area contributed by atoms with Crippen LogP contribution in [0.25, 0.3) is 0 Å². The minimum absolute atomic E-state index is 0.0588. The lowest BCUT2D eigenvalue weighted by Crippen LogP contribution is -2.50. The predicted molar refractivity (Wildman–Crippen MR) is 67.0 cm³/mol. The van der Waals surface area contributed by atoms with E-state index in [1.807, 2.05) is 37.3 Å². The molecule has 4 nitrogen and oxygen atoms in total. The lowest BCUT2D eigenvalue weighted by Gasteiger charge is -2.40. The Labute approximate surface area is 106 Å². The first-order valence-corrected chi connectivity index (χ1v) is 6.05. The molecule has 18 heavy (non-hydrogen) atoms. The molecular formula is C14H17NO3. The quantitative estimate of drug-likeness (QED) is 0.830. The van der Waals surface area contributed by atoms with E-state index in [1.54, 1.807) is 0 Å². The fraction of sp³-hybridized carbons (Fsp3) is 0.429. The molecule has 1 fully saturated rings. The predicted octanol–water partition coefficient (Wildman–Crippen LogP) is 2.28. The second-order valence-corrected chi connectivity index (χ2v) is 5.08. The summed E-state index contributed by atoms with van der Waals surface area (Å²) < 4.78 is 5.10. The molecule has 4 heteroatoms. The smallest absolute Gasteiger partial charge is 0.407 e. The number of alkyl carbamates (subject to hydrolysis) is 1. The summed E-state index contributed by atoms with van der Waals surface area (Å²) in [6.07, 6.45) is 1.92. The summed E-state index contributed by atoms with van der Waals surface area (Å²) in [5.74, 6) is 0. The van der Waals surface area contributed by atoms with Gasteiger partial charge in [-0.3, -0.25) is 0 Å². The highest BCUT2D eigenvalue weighted by Crippen LogP contribution is 2.38. The normalized spacial score (nSPS) is 25.9. The molecule has 0 bridgehead atoms. The number of benzene rings is 1. The summed E-state index contributed by atoms with van der Waals surface area (Å²) in [6.45, 7) is 2.16. The van der Waals surface area contributed by atoms with E-state index in [2.05, 4.69) is 5.32 Å². The average molecular weight is 247 g/mol. The molecule has 0 unspecified atom stereocenters. The Balaban J connectivity index is 1.69. The van der Waals surface area contributed by atoms with Gasteiger partial charge in [0.25, 0.3) is 0 Å². The SMILES string of the molecule is CC1(C=O)CC(NC(=O)OCc2ccccc2)C1. The van der Waals surface area contributed by atoms with Gasteiger partial charge in [0.2, 0.25) is 0 Å². The molecule has 0 radical (unpaired) electrons. The Kier molecular flexibility index (Phi) is 3.65. The third kappa shape index (κ3) is 3.09. The van der Waals surface area contributed by atoms with Crippen LogP contribution in [0.3, 0.4) is 0 Å². The average Bonchev–Trinajstić information content (AvgIpc) is 2.35. The number of amides is 1. The van der Waals surface area contributed by atoms with E-state index >= 15 is 0 Å². The zero-order valence-corrected chi connectivity index (χ0v) is 10.4. The molecule has 0 spiro atoms. The number of carbonyl (C=O) groups is 2. The number of hydrogen-bond donors (Lipinski definition) is 1. The Bertz CT molecular complexity index is 424. The number of aldehydes is 1. The number of rotatable bonds is 4. The van der Waals surface area contributed by atoms with E-state index in [9.17, 15) is 9.59 Å². The fourth-order valence-corrected chi connectivity index (χ4v) is 2.20. The Morgan fingerprint density at radius 1 is 1.44 bits per heavy atom. The molecule has 0 aliphatic heterocycles. The molecule has 0 saturated heterocycles. The molecule has 1 aliphatic carbocycles. The highest BCUT2D eigenvalue weighted by Gasteiger charge is 2.40. The van der Waals surface area contributed by atoms with Crippen LogP contribution in [-0.2, 0) is 16.1 Å². The van der Waals surface area contributed by atoms with Gasteiger partial charge in [0.05, 0.1) is 0 Å². The van der Waals surface area contributed by atoms with Crippen molar-refractivity contribution < 1.29 is 14.3 Å². The van der Waals surface area contributed by atoms with Crippen molar-refractivity contribution in [1.82, 2.24) is 5.32 Å². The highest BCUT2D eigenvalue weighted by molar-refractivity contribution is 5.69. The van der Waals surface area contributed by atoms with E-state index < -0.39 is 6.09 Å².